The Labute approximate surface area is 184 Å². The number of anilines is 1. The molecule has 4 rings (SSSR count). The van der Waals surface area contributed by atoms with E-state index in [2.05, 4.69) is 41.5 Å². The Kier molecular flexibility index (Phi) is 6.32. The smallest absolute Gasteiger partial charge is 0.413 e. The molecule has 2 N–H and O–H groups in total. The van der Waals surface area contributed by atoms with Crippen molar-refractivity contribution >= 4 is 28.5 Å². The summed E-state index contributed by atoms with van der Waals surface area (Å²) in [6.07, 6.45) is 2.97. The van der Waals surface area contributed by atoms with E-state index in [1.165, 1.54) is 11.3 Å². The molecule has 0 spiro atoms. The number of ether oxygens (including phenoxy) is 1. The fourth-order valence-electron chi connectivity index (χ4n) is 4.00. The third kappa shape index (κ3) is 4.46. The van der Waals surface area contributed by atoms with Gasteiger partial charge in [-0.05, 0) is 35.1 Å². The molecule has 0 fully saturated rings. The predicted molar refractivity (Wildman–Crippen MR) is 121 cm³/mol. The molecule has 1 aliphatic rings. The first-order chi connectivity index (χ1) is 15.1. The van der Waals surface area contributed by atoms with Crippen LogP contribution < -0.4 is 5.32 Å². The number of nitrogens with one attached hydrogen (secondary N) is 1. The average Bonchev–Trinajstić information content (AvgIpc) is 3.31. The van der Waals surface area contributed by atoms with Gasteiger partial charge in [0.2, 0.25) is 0 Å². The number of carbonyl (C=O) groups excluding carboxylic acids is 1. The van der Waals surface area contributed by atoms with E-state index in [-0.39, 0.29) is 23.4 Å². The van der Waals surface area contributed by atoms with Crippen LogP contribution in [0.5, 0.6) is 0 Å². The van der Waals surface area contributed by atoms with Gasteiger partial charge in [0.1, 0.15) is 6.61 Å². The van der Waals surface area contributed by atoms with Crippen LogP contribution in [0, 0.1) is 0 Å². The zero-order valence-corrected chi connectivity index (χ0v) is 18.1. The highest BCUT2D eigenvalue weighted by atomic mass is 32.1. The van der Waals surface area contributed by atoms with Crippen molar-refractivity contribution in [3.8, 4) is 11.1 Å². The van der Waals surface area contributed by atoms with Gasteiger partial charge < -0.3 is 9.84 Å². The molecule has 31 heavy (non-hydrogen) atoms. The fraction of sp³-hybridized carbons (Fsp3) is 0.292. The van der Waals surface area contributed by atoms with Crippen LogP contribution in [0.1, 0.15) is 58.6 Å². The van der Waals surface area contributed by atoms with Crippen LogP contribution in [0.25, 0.3) is 11.1 Å². The molecule has 1 aromatic heterocycles. The molecule has 1 heterocycles. The number of carbonyl (C=O) groups is 2. The lowest BCUT2D eigenvalue weighted by molar-refractivity contribution is 0.0690. The SMILES string of the molecule is CCCCCc1sc(NC(=O)OCC2c3ccccc3-c3ccccc32)nc1C(=O)O. The highest BCUT2D eigenvalue weighted by molar-refractivity contribution is 7.16. The molecule has 0 atom stereocenters. The van der Waals surface area contributed by atoms with Crippen molar-refractivity contribution < 1.29 is 19.4 Å². The number of carboxylic acids is 1. The summed E-state index contributed by atoms with van der Waals surface area (Å²) in [5, 5.41) is 12.3. The van der Waals surface area contributed by atoms with E-state index >= 15 is 0 Å². The molecule has 1 aliphatic carbocycles. The summed E-state index contributed by atoms with van der Waals surface area (Å²) in [6.45, 7) is 2.29. The Morgan fingerprint density at radius 3 is 2.32 bits per heavy atom. The Hall–Kier alpha value is -3.19. The zero-order valence-electron chi connectivity index (χ0n) is 17.3. The van der Waals surface area contributed by atoms with Gasteiger partial charge >= 0.3 is 12.1 Å². The normalized spacial score (nSPS) is 12.3. The summed E-state index contributed by atoms with van der Waals surface area (Å²) in [5.41, 5.74) is 4.61. The quantitative estimate of drug-likeness (QED) is 0.427. The predicted octanol–water partition coefficient (Wildman–Crippen LogP) is 5.94. The summed E-state index contributed by atoms with van der Waals surface area (Å²) >= 11 is 1.20. The van der Waals surface area contributed by atoms with Crippen LogP contribution in [-0.4, -0.2) is 28.8 Å². The van der Waals surface area contributed by atoms with E-state index in [9.17, 15) is 14.7 Å². The molecule has 7 heteroatoms. The molecule has 0 bridgehead atoms. The van der Waals surface area contributed by atoms with Gasteiger partial charge in [-0.3, -0.25) is 5.32 Å². The molecule has 0 unspecified atom stereocenters. The van der Waals surface area contributed by atoms with Gasteiger partial charge in [-0.25, -0.2) is 14.6 Å². The average molecular weight is 437 g/mol. The maximum atomic E-state index is 12.4. The Morgan fingerprint density at radius 1 is 1.06 bits per heavy atom. The van der Waals surface area contributed by atoms with Crippen molar-refractivity contribution in [2.75, 3.05) is 11.9 Å². The summed E-state index contributed by atoms with van der Waals surface area (Å²) in [7, 11) is 0. The van der Waals surface area contributed by atoms with Crippen LogP contribution >= 0.6 is 11.3 Å². The standard InChI is InChI=1S/C24H24N2O4S/c1-2-3-4-13-20-21(22(27)28)25-23(31-20)26-24(29)30-14-19-17-11-7-5-9-15(17)16-10-6-8-12-18(16)19/h5-12,19H,2-4,13-14H2,1H3,(H,27,28)(H,25,26,29). The third-order valence-corrected chi connectivity index (χ3v) is 6.49. The minimum Gasteiger partial charge on any atom is -0.476 e. The summed E-state index contributed by atoms with van der Waals surface area (Å²) in [4.78, 5) is 28.7. The van der Waals surface area contributed by atoms with E-state index < -0.39 is 12.1 Å². The Morgan fingerprint density at radius 2 is 1.71 bits per heavy atom. The van der Waals surface area contributed by atoms with Gasteiger partial charge in [-0.2, -0.15) is 0 Å². The second-order valence-corrected chi connectivity index (χ2v) is 8.59. The molecule has 0 radical (unpaired) electrons. The monoisotopic (exact) mass is 436 g/mol. The second kappa shape index (κ2) is 9.31. The van der Waals surface area contributed by atoms with Gasteiger partial charge in [-0.1, -0.05) is 68.3 Å². The minimum absolute atomic E-state index is 0.00931. The molecule has 0 saturated carbocycles. The maximum Gasteiger partial charge on any atom is 0.413 e. The van der Waals surface area contributed by atoms with Gasteiger partial charge in [0.25, 0.3) is 0 Å². The molecule has 2 aromatic carbocycles. The lowest BCUT2D eigenvalue weighted by atomic mass is 9.98. The number of aromatic carboxylic acids is 1. The van der Waals surface area contributed by atoms with E-state index in [4.69, 9.17) is 4.74 Å². The van der Waals surface area contributed by atoms with Gasteiger partial charge in [-0.15, -0.1) is 11.3 Å². The lowest BCUT2D eigenvalue weighted by Gasteiger charge is -2.14. The molecule has 0 aliphatic heterocycles. The van der Waals surface area contributed by atoms with Crippen LogP contribution in [0.4, 0.5) is 9.93 Å². The number of rotatable bonds is 8. The van der Waals surface area contributed by atoms with Crippen molar-refractivity contribution in [2.24, 2.45) is 0 Å². The van der Waals surface area contributed by atoms with Gasteiger partial charge in [0.15, 0.2) is 10.8 Å². The largest absolute Gasteiger partial charge is 0.476 e. The first kappa shape index (κ1) is 21.1. The number of hydrogen-bond acceptors (Lipinski definition) is 5. The summed E-state index contributed by atoms with van der Waals surface area (Å²) in [5.74, 6) is -1.11. The number of benzene rings is 2. The van der Waals surface area contributed by atoms with Crippen LogP contribution in [0.15, 0.2) is 48.5 Å². The van der Waals surface area contributed by atoms with E-state index in [1.54, 1.807) is 0 Å². The zero-order chi connectivity index (χ0) is 21.8. The van der Waals surface area contributed by atoms with Crippen LogP contribution in [0.3, 0.4) is 0 Å². The highest BCUT2D eigenvalue weighted by Gasteiger charge is 2.29. The molecule has 6 nitrogen and oxygen atoms in total. The molecule has 3 aromatic rings. The maximum absolute atomic E-state index is 12.4. The summed E-state index contributed by atoms with van der Waals surface area (Å²) < 4.78 is 5.52. The fourth-order valence-corrected chi connectivity index (χ4v) is 4.98. The molecular formula is C24H24N2O4S. The first-order valence-electron chi connectivity index (χ1n) is 10.4. The van der Waals surface area contributed by atoms with Crippen molar-refractivity contribution in [3.05, 3.63) is 70.2 Å². The topological polar surface area (TPSA) is 88.5 Å². The van der Waals surface area contributed by atoms with Crippen molar-refractivity contribution in [2.45, 2.75) is 38.5 Å². The molecule has 0 saturated heterocycles. The first-order valence-corrected chi connectivity index (χ1v) is 11.2. The number of aryl methyl sites for hydroxylation is 1. The van der Waals surface area contributed by atoms with E-state index in [1.807, 2.05) is 24.3 Å². The molecule has 160 valence electrons. The number of aromatic nitrogens is 1. The number of nitrogens with zero attached hydrogens (tertiary/aromatic N) is 1. The number of thiazole rings is 1. The molecule has 1 amide bonds. The number of unbranched alkanes of at least 4 members (excludes halogenated alkanes) is 2. The van der Waals surface area contributed by atoms with Crippen LogP contribution in [0.2, 0.25) is 0 Å². The third-order valence-electron chi connectivity index (χ3n) is 5.46. The number of hydrogen-bond donors (Lipinski definition) is 2. The van der Waals surface area contributed by atoms with E-state index in [0.717, 1.165) is 41.5 Å². The Balaban J connectivity index is 1.43. The van der Waals surface area contributed by atoms with Crippen molar-refractivity contribution in [3.63, 3.8) is 0 Å². The number of fused-ring (bicyclic) bond motifs is 3. The molecular weight excluding hydrogens is 412 g/mol. The van der Waals surface area contributed by atoms with E-state index in [0.29, 0.717) is 11.3 Å². The second-order valence-electron chi connectivity index (χ2n) is 7.50. The van der Waals surface area contributed by atoms with Crippen LogP contribution in [-0.2, 0) is 11.2 Å². The van der Waals surface area contributed by atoms with Gasteiger partial charge in [0.05, 0.1) is 0 Å². The van der Waals surface area contributed by atoms with Crippen molar-refractivity contribution in [1.82, 2.24) is 4.98 Å². The number of amides is 1. The summed E-state index contributed by atoms with van der Waals surface area (Å²) in [6, 6.07) is 16.3. The lowest BCUT2D eigenvalue weighted by Crippen LogP contribution is -2.18. The van der Waals surface area contributed by atoms with Crippen molar-refractivity contribution in [1.29, 1.82) is 0 Å². The van der Waals surface area contributed by atoms with Gasteiger partial charge in [0, 0.05) is 10.8 Å². The number of carboxylic acid groups (broad SMARTS) is 1. The Bertz CT molecular complexity index is 1060. The minimum atomic E-state index is -1.08. The highest BCUT2D eigenvalue weighted by Crippen LogP contribution is 2.44.